The van der Waals surface area contributed by atoms with Crippen LogP contribution in [0.5, 0.6) is 5.75 Å². The molecule has 1 aromatic heterocycles. The molecule has 1 heterocycles. The van der Waals surface area contributed by atoms with Gasteiger partial charge in [-0.2, -0.15) is 0 Å². The largest absolute Gasteiger partial charge is 0.493 e. The fourth-order valence-electron chi connectivity index (χ4n) is 2.41. The van der Waals surface area contributed by atoms with E-state index < -0.39 is 0 Å². The highest BCUT2D eigenvalue weighted by molar-refractivity contribution is 5.90. The number of rotatable bonds is 5. The molecule has 0 radical (unpaired) electrons. The smallest absolute Gasteiger partial charge is 0.165 e. The van der Waals surface area contributed by atoms with E-state index in [-0.39, 0.29) is 5.82 Å². The van der Waals surface area contributed by atoms with E-state index in [4.69, 9.17) is 4.74 Å². The van der Waals surface area contributed by atoms with Gasteiger partial charge in [0.1, 0.15) is 0 Å². The van der Waals surface area contributed by atoms with Crippen LogP contribution in [0.1, 0.15) is 12.5 Å². The van der Waals surface area contributed by atoms with Crippen LogP contribution in [-0.4, -0.2) is 37.2 Å². The Morgan fingerprint density at radius 3 is 2.63 bits per heavy atom. The summed E-state index contributed by atoms with van der Waals surface area (Å²) in [7, 11) is 5.60. The van der Waals surface area contributed by atoms with Gasteiger partial charge >= 0.3 is 0 Å². The first-order valence-corrected chi connectivity index (χ1v) is 6.57. The van der Waals surface area contributed by atoms with Gasteiger partial charge < -0.3 is 14.2 Å². The molecule has 3 nitrogen and oxygen atoms in total. The molecule has 0 aliphatic heterocycles. The number of hydrogen-bond acceptors (Lipinski definition) is 2. The van der Waals surface area contributed by atoms with Crippen molar-refractivity contribution in [2.45, 2.75) is 19.9 Å². The molecule has 0 unspecified atom stereocenters. The normalized spacial score (nSPS) is 11.5. The molecular weight excluding hydrogens is 243 g/mol. The number of likely N-dealkylation sites (N-methyl/N-ethyl adjacent to an activating group) is 1. The second kappa shape index (κ2) is 5.61. The number of benzene rings is 1. The number of hydrogen-bond donors (Lipinski definition) is 0. The summed E-state index contributed by atoms with van der Waals surface area (Å²) >= 11 is 0. The van der Waals surface area contributed by atoms with Gasteiger partial charge in [-0.1, -0.05) is 0 Å². The third-order valence-corrected chi connectivity index (χ3v) is 3.40. The molecule has 19 heavy (non-hydrogen) atoms. The Morgan fingerprint density at radius 1 is 1.32 bits per heavy atom. The predicted octanol–water partition coefficient (Wildman–Crippen LogP) is 2.91. The first-order chi connectivity index (χ1) is 9.08. The van der Waals surface area contributed by atoms with Crippen molar-refractivity contribution in [3.63, 3.8) is 0 Å². The van der Waals surface area contributed by atoms with Gasteiger partial charge in [0.25, 0.3) is 0 Å². The lowest BCUT2D eigenvalue weighted by Crippen LogP contribution is -2.15. The van der Waals surface area contributed by atoms with Crippen LogP contribution in [0.3, 0.4) is 0 Å². The lowest BCUT2D eigenvalue weighted by Gasteiger charge is -2.10. The van der Waals surface area contributed by atoms with Crippen LogP contribution in [0.2, 0.25) is 0 Å². The highest BCUT2D eigenvalue weighted by Crippen LogP contribution is 2.33. The van der Waals surface area contributed by atoms with Gasteiger partial charge in [0.15, 0.2) is 11.6 Å². The van der Waals surface area contributed by atoms with Crippen molar-refractivity contribution < 1.29 is 9.13 Å². The molecule has 0 aliphatic carbocycles. The van der Waals surface area contributed by atoms with Crippen LogP contribution in [0.4, 0.5) is 4.39 Å². The fourth-order valence-corrected chi connectivity index (χ4v) is 2.41. The molecule has 0 atom stereocenters. The third kappa shape index (κ3) is 2.59. The van der Waals surface area contributed by atoms with E-state index in [2.05, 4.69) is 22.6 Å². The van der Waals surface area contributed by atoms with Crippen LogP contribution in [0, 0.1) is 5.82 Å². The quantitative estimate of drug-likeness (QED) is 0.826. The molecule has 0 aliphatic rings. The summed E-state index contributed by atoms with van der Waals surface area (Å²) in [6.45, 7) is 3.89. The Bertz CT molecular complexity index is 575. The number of aromatic nitrogens is 1. The summed E-state index contributed by atoms with van der Waals surface area (Å²) in [5.74, 6) is 0.0633. The summed E-state index contributed by atoms with van der Waals surface area (Å²) in [4.78, 5) is 2.13. The van der Waals surface area contributed by atoms with E-state index in [1.807, 2.05) is 20.2 Å². The van der Waals surface area contributed by atoms with E-state index >= 15 is 0 Å². The molecule has 0 saturated heterocycles. The van der Waals surface area contributed by atoms with Gasteiger partial charge in [0, 0.05) is 24.7 Å². The van der Waals surface area contributed by atoms with Crippen LogP contribution in [0.15, 0.2) is 18.3 Å². The summed E-state index contributed by atoms with van der Waals surface area (Å²) in [6, 6.07) is 3.30. The Morgan fingerprint density at radius 2 is 2.05 bits per heavy atom. The maximum atomic E-state index is 13.9. The molecule has 0 amide bonds. The Hall–Kier alpha value is -1.55. The minimum Gasteiger partial charge on any atom is -0.493 e. The van der Waals surface area contributed by atoms with Crippen LogP contribution >= 0.6 is 0 Å². The standard InChI is InChI=1S/C15H21FN2O/c1-5-18-10-11(8-9-17(2)3)14-13(18)7-6-12(16)15(14)19-4/h6-7,10H,5,8-9H2,1-4H3. The maximum absolute atomic E-state index is 13.9. The Kier molecular flexibility index (Phi) is 4.10. The van der Waals surface area contributed by atoms with E-state index in [0.717, 1.165) is 36.0 Å². The van der Waals surface area contributed by atoms with Gasteiger partial charge in [0.2, 0.25) is 0 Å². The summed E-state index contributed by atoms with van der Waals surface area (Å²) < 4.78 is 21.3. The van der Waals surface area contributed by atoms with Crippen molar-refractivity contribution in [1.82, 2.24) is 9.47 Å². The molecule has 0 saturated carbocycles. The van der Waals surface area contributed by atoms with Gasteiger partial charge in [-0.25, -0.2) is 4.39 Å². The third-order valence-electron chi connectivity index (χ3n) is 3.40. The minimum absolute atomic E-state index is 0.296. The lowest BCUT2D eigenvalue weighted by atomic mass is 10.1. The first-order valence-electron chi connectivity index (χ1n) is 6.57. The molecule has 104 valence electrons. The zero-order chi connectivity index (χ0) is 14.0. The van der Waals surface area contributed by atoms with Gasteiger partial charge in [-0.05, 0) is 45.1 Å². The van der Waals surface area contributed by atoms with E-state index in [0.29, 0.717) is 5.75 Å². The minimum atomic E-state index is -0.296. The van der Waals surface area contributed by atoms with E-state index in [1.165, 1.54) is 13.2 Å². The van der Waals surface area contributed by atoms with Crippen molar-refractivity contribution in [3.8, 4) is 5.75 Å². The monoisotopic (exact) mass is 264 g/mol. The Balaban J connectivity index is 2.58. The van der Waals surface area contributed by atoms with Gasteiger partial charge in [0.05, 0.1) is 12.6 Å². The fraction of sp³-hybridized carbons (Fsp3) is 0.467. The van der Waals surface area contributed by atoms with Crippen LogP contribution in [-0.2, 0) is 13.0 Å². The highest BCUT2D eigenvalue weighted by Gasteiger charge is 2.16. The molecule has 0 N–H and O–H groups in total. The van der Waals surface area contributed by atoms with Gasteiger partial charge in [-0.15, -0.1) is 0 Å². The molecule has 2 aromatic rings. The number of ether oxygens (including phenoxy) is 1. The molecule has 1 aromatic carbocycles. The van der Waals surface area contributed by atoms with Crippen molar-refractivity contribution in [1.29, 1.82) is 0 Å². The number of halogens is 1. The number of nitrogens with zero attached hydrogens (tertiary/aromatic N) is 2. The van der Waals surface area contributed by atoms with Crippen LogP contribution < -0.4 is 4.74 Å². The molecule has 0 spiro atoms. The summed E-state index contributed by atoms with van der Waals surface area (Å²) in [6.07, 6.45) is 2.99. The van der Waals surface area contributed by atoms with Crippen molar-refractivity contribution in [3.05, 3.63) is 29.7 Å². The number of aryl methyl sites for hydroxylation is 1. The molecule has 0 fully saturated rings. The Labute approximate surface area is 113 Å². The molecule has 4 heteroatoms. The second-order valence-electron chi connectivity index (χ2n) is 4.97. The molecular formula is C15H21FN2O. The predicted molar refractivity (Wildman–Crippen MR) is 76.4 cm³/mol. The summed E-state index contributed by atoms with van der Waals surface area (Å²) in [5, 5.41) is 0.909. The summed E-state index contributed by atoms with van der Waals surface area (Å²) in [5.41, 5.74) is 2.18. The topological polar surface area (TPSA) is 17.4 Å². The van der Waals surface area contributed by atoms with Crippen LogP contribution in [0.25, 0.3) is 10.9 Å². The average molecular weight is 264 g/mol. The highest BCUT2D eigenvalue weighted by atomic mass is 19.1. The second-order valence-corrected chi connectivity index (χ2v) is 4.97. The van der Waals surface area contributed by atoms with Gasteiger partial charge in [-0.3, -0.25) is 0 Å². The zero-order valence-electron chi connectivity index (χ0n) is 12.0. The van der Waals surface area contributed by atoms with E-state index in [1.54, 1.807) is 0 Å². The SMILES string of the molecule is CCn1cc(CCN(C)C)c2c(OC)c(F)ccc21. The average Bonchev–Trinajstić information content (AvgIpc) is 2.74. The molecule has 0 bridgehead atoms. The maximum Gasteiger partial charge on any atom is 0.165 e. The number of fused-ring (bicyclic) bond motifs is 1. The first kappa shape index (κ1) is 13.9. The van der Waals surface area contributed by atoms with E-state index in [9.17, 15) is 4.39 Å². The van der Waals surface area contributed by atoms with Crippen molar-refractivity contribution in [2.24, 2.45) is 0 Å². The molecule has 2 rings (SSSR count). The number of methoxy groups -OCH3 is 1. The van der Waals surface area contributed by atoms with Crippen molar-refractivity contribution >= 4 is 10.9 Å². The lowest BCUT2D eigenvalue weighted by molar-refractivity contribution is 0.391. The van der Waals surface area contributed by atoms with Crippen molar-refractivity contribution in [2.75, 3.05) is 27.7 Å². The zero-order valence-corrected chi connectivity index (χ0v) is 12.0.